The summed E-state index contributed by atoms with van der Waals surface area (Å²) in [5.41, 5.74) is 8.16. The monoisotopic (exact) mass is 446 g/mol. The van der Waals surface area contributed by atoms with Crippen LogP contribution in [0.15, 0.2) is 30.6 Å². The van der Waals surface area contributed by atoms with Crippen LogP contribution in [0.3, 0.4) is 0 Å². The lowest BCUT2D eigenvalue weighted by atomic mass is 9.94. The first kappa shape index (κ1) is 23.0. The van der Waals surface area contributed by atoms with E-state index in [2.05, 4.69) is 20.9 Å². The quantitative estimate of drug-likeness (QED) is 0.457. The van der Waals surface area contributed by atoms with Gasteiger partial charge in [-0.1, -0.05) is 12.1 Å². The molecule has 1 aliphatic heterocycles. The molecule has 1 aromatic carbocycles. The highest BCUT2D eigenvalue weighted by Crippen LogP contribution is 2.41. The molecule has 1 unspecified atom stereocenters. The molecule has 2 heterocycles. The van der Waals surface area contributed by atoms with Gasteiger partial charge in [-0.2, -0.15) is 5.26 Å². The minimum atomic E-state index is -4.10. The molecule has 31 heavy (non-hydrogen) atoms. The third-order valence-electron chi connectivity index (χ3n) is 5.40. The normalized spacial score (nSPS) is 15.7. The number of ether oxygens (including phenoxy) is 1. The van der Waals surface area contributed by atoms with Gasteiger partial charge in [0.25, 0.3) is 0 Å². The van der Waals surface area contributed by atoms with Crippen molar-refractivity contribution in [3.8, 4) is 11.8 Å². The van der Waals surface area contributed by atoms with E-state index in [4.69, 9.17) is 15.7 Å². The smallest absolute Gasteiger partial charge is 0.326 e. The average Bonchev–Trinajstić information content (AvgIpc) is 3.12. The maximum absolute atomic E-state index is 11.3. The van der Waals surface area contributed by atoms with Crippen LogP contribution < -0.4 is 15.4 Å². The summed E-state index contributed by atoms with van der Waals surface area (Å²) in [4.78, 5) is 31.0. The minimum absolute atomic E-state index is 0.00441. The van der Waals surface area contributed by atoms with E-state index in [9.17, 15) is 14.4 Å². The Bertz CT molecular complexity index is 975. The predicted molar refractivity (Wildman–Crippen MR) is 117 cm³/mol. The van der Waals surface area contributed by atoms with E-state index in [1.807, 2.05) is 29.2 Å². The summed E-state index contributed by atoms with van der Waals surface area (Å²) in [6.07, 6.45) is 1.50. The number of hydrogen-bond acceptors (Lipinski definition) is 8. The predicted octanol–water partition coefficient (Wildman–Crippen LogP) is 1.41. The number of nitriles is 1. The van der Waals surface area contributed by atoms with Gasteiger partial charge < -0.3 is 25.2 Å². The molecule has 1 aliphatic rings. The van der Waals surface area contributed by atoms with Crippen LogP contribution in [0.25, 0.3) is 0 Å². The second-order valence-corrected chi connectivity index (χ2v) is 9.18. The fourth-order valence-electron chi connectivity index (χ4n) is 3.77. The first-order valence-corrected chi connectivity index (χ1v) is 11.7. The van der Waals surface area contributed by atoms with Crippen LogP contribution in [-0.4, -0.2) is 70.7 Å². The fraction of sp³-hybridized carbons (Fsp3) is 0.450. The maximum Gasteiger partial charge on any atom is 0.326 e. The molecule has 0 saturated carbocycles. The first-order valence-electron chi connectivity index (χ1n) is 9.95. The molecule has 0 bridgehead atoms. The average molecular weight is 446 g/mol. The van der Waals surface area contributed by atoms with Crippen molar-refractivity contribution in [1.82, 2.24) is 14.9 Å². The Labute approximate surface area is 181 Å². The number of fused-ring (bicyclic) bond motifs is 1. The molecule has 11 heteroatoms. The summed E-state index contributed by atoms with van der Waals surface area (Å²) in [6.45, 7) is 2.46. The zero-order chi connectivity index (χ0) is 22.4. The Kier molecular flexibility index (Phi) is 7.46. The van der Waals surface area contributed by atoms with Crippen molar-refractivity contribution >= 4 is 19.2 Å². The van der Waals surface area contributed by atoms with Crippen LogP contribution in [0.5, 0.6) is 5.75 Å². The van der Waals surface area contributed by atoms with Crippen molar-refractivity contribution in [1.29, 1.82) is 5.26 Å². The van der Waals surface area contributed by atoms with E-state index in [1.54, 1.807) is 7.11 Å². The number of hydrogen-bond donors (Lipinski definition) is 3. The second-order valence-electron chi connectivity index (χ2n) is 7.41. The number of nitrogen functional groups attached to an aromatic ring is 1. The number of nitrogens with zero attached hydrogens (tertiary/aromatic N) is 5. The molecule has 166 valence electrons. The Hall–Kier alpha value is -2.70. The van der Waals surface area contributed by atoms with Crippen LogP contribution in [0.4, 0.5) is 11.6 Å². The van der Waals surface area contributed by atoms with Gasteiger partial charge in [-0.05, 0) is 17.7 Å². The zero-order valence-electron chi connectivity index (χ0n) is 17.4. The largest absolute Gasteiger partial charge is 0.497 e. The number of nitrogens with two attached hydrogens (primary N) is 1. The minimum Gasteiger partial charge on any atom is -0.497 e. The molecule has 4 N–H and O–H groups in total. The van der Waals surface area contributed by atoms with Crippen molar-refractivity contribution in [3.05, 3.63) is 41.7 Å². The van der Waals surface area contributed by atoms with Crippen molar-refractivity contribution in [2.24, 2.45) is 0 Å². The number of methoxy groups -OCH3 is 1. The number of anilines is 2. The van der Waals surface area contributed by atoms with E-state index >= 15 is 0 Å². The molecule has 0 saturated heterocycles. The van der Waals surface area contributed by atoms with Crippen LogP contribution in [0.2, 0.25) is 0 Å². The third-order valence-corrected chi connectivity index (χ3v) is 6.18. The lowest BCUT2D eigenvalue weighted by molar-refractivity contribution is 0.289. The van der Waals surface area contributed by atoms with E-state index in [0.717, 1.165) is 22.7 Å². The molecular formula is C20H27N6O4P. The molecule has 0 aliphatic carbocycles. The lowest BCUT2D eigenvalue weighted by Crippen LogP contribution is -2.37. The third kappa shape index (κ3) is 5.93. The Balaban J connectivity index is 1.76. The highest BCUT2D eigenvalue weighted by Gasteiger charge is 2.33. The van der Waals surface area contributed by atoms with E-state index in [1.165, 1.54) is 6.33 Å². The number of benzene rings is 1. The second kappa shape index (κ2) is 10.1. The Morgan fingerprint density at radius 3 is 2.68 bits per heavy atom. The fourth-order valence-corrected chi connectivity index (χ4v) is 4.31. The number of rotatable bonds is 10. The Morgan fingerprint density at radius 1 is 1.29 bits per heavy atom. The molecule has 0 spiro atoms. The molecule has 0 amide bonds. The lowest BCUT2D eigenvalue weighted by Gasteiger charge is -2.26. The van der Waals surface area contributed by atoms with Crippen molar-refractivity contribution in [3.63, 3.8) is 0 Å². The number of aromatic nitrogens is 2. The molecule has 0 fully saturated rings. The first-order chi connectivity index (χ1) is 14.8. The summed E-state index contributed by atoms with van der Waals surface area (Å²) in [7, 11) is -2.48. The topological polar surface area (TPSA) is 149 Å². The van der Waals surface area contributed by atoms with E-state index < -0.39 is 7.60 Å². The SMILES string of the molecule is COc1ccc(C2CN(CCN(CCC#N)CCP(=O)(O)O)c3ncnc(N)c32)cc1. The van der Waals surface area contributed by atoms with Gasteiger partial charge in [-0.3, -0.25) is 9.46 Å². The molecule has 2 aromatic rings. The zero-order valence-corrected chi connectivity index (χ0v) is 18.3. The van der Waals surface area contributed by atoms with Gasteiger partial charge in [-0.15, -0.1) is 0 Å². The summed E-state index contributed by atoms with van der Waals surface area (Å²) in [6, 6.07) is 9.90. The van der Waals surface area contributed by atoms with Crippen molar-refractivity contribution in [2.75, 3.05) is 56.6 Å². The molecule has 1 aromatic heterocycles. The summed E-state index contributed by atoms with van der Waals surface area (Å²) in [5, 5.41) is 8.90. The van der Waals surface area contributed by atoms with Crippen molar-refractivity contribution < 1.29 is 19.1 Å². The summed E-state index contributed by atoms with van der Waals surface area (Å²) < 4.78 is 16.5. The van der Waals surface area contributed by atoms with Gasteiger partial charge in [0, 0.05) is 50.6 Å². The van der Waals surface area contributed by atoms with Gasteiger partial charge in [-0.25, -0.2) is 9.97 Å². The van der Waals surface area contributed by atoms with Crippen LogP contribution in [-0.2, 0) is 4.57 Å². The molecule has 3 rings (SSSR count). The van der Waals surface area contributed by atoms with Crippen LogP contribution >= 0.6 is 7.60 Å². The summed E-state index contributed by atoms with van der Waals surface area (Å²) in [5.74, 6) is 1.98. The van der Waals surface area contributed by atoms with Gasteiger partial charge in [0.15, 0.2) is 0 Å². The van der Waals surface area contributed by atoms with Crippen LogP contribution in [0.1, 0.15) is 23.5 Å². The highest BCUT2D eigenvalue weighted by atomic mass is 31.2. The van der Waals surface area contributed by atoms with E-state index in [0.29, 0.717) is 38.4 Å². The van der Waals surface area contributed by atoms with Crippen molar-refractivity contribution in [2.45, 2.75) is 12.3 Å². The molecule has 1 atom stereocenters. The Morgan fingerprint density at radius 2 is 2.03 bits per heavy atom. The highest BCUT2D eigenvalue weighted by molar-refractivity contribution is 7.51. The van der Waals surface area contributed by atoms with Gasteiger partial charge in [0.2, 0.25) is 0 Å². The maximum atomic E-state index is 11.3. The standard InChI is InChI=1S/C20H27N6O4P/c1-30-16-5-3-15(4-6-16)17-13-26(20-18(17)19(22)23-14-24-20)10-9-25(8-2-7-21)11-12-31(27,28)29/h3-6,14,17H,2,8-13H2,1H3,(H2,22,23,24)(H2,27,28,29). The van der Waals surface area contributed by atoms with Gasteiger partial charge in [0.1, 0.15) is 23.7 Å². The van der Waals surface area contributed by atoms with Gasteiger partial charge >= 0.3 is 7.60 Å². The summed E-state index contributed by atoms with van der Waals surface area (Å²) >= 11 is 0. The molecular weight excluding hydrogens is 419 g/mol. The van der Waals surface area contributed by atoms with Crippen LogP contribution in [0, 0.1) is 11.3 Å². The van der Waals surface area contributed by atoms with E-state index in [-0.39, 0.29) is 18.6 Å². The molecule has 0 radical (unpaired) electrons. The molecule has 10 nitrogen and oxygen atoms in total. The van der Waals surface area contributed by atoms with Gasteiger partial charge in [0.05, 0.1) is 19.3 Å².